The number of carbonyl (C=O) groups is 4. The summed E-state index contributed by atoms with van der Waals surface area (Å²) < 4.78 is 20.9. The van der Waals surface area contributed by atoms with Crippen molar-refractivity contribution < 1.29 is 38.1 Å². The topological polar surface area (TPSA) is 117 Å². The third kappa shape index (κ3) is 2.89. The van der Waals surface area contributed by atoms with Gasteiger partial charge in [0.05, 0.1) is 0 Å². The molecule has 1 N–H and O–H groups in total. The second-order valence-corrected chi connectivity index (χ2v) is 5.31. The van der Waals surface area contributed by atoms with Gasteiger partial charge in [0.15, 0.2) is 30.1 Å². The molecule has 2 aliphatic heterocycles. The van der Waals surface area contributed by atoms with Crippen molar-refractivity contribution in [2.24, 2.45) is 0 Å². The summed E-state index contributed by atoms with van der Waals surface area (Å²) in [6, 6.07) is 0. The first-order valence-corrected chi connectivity index (χ1v) is 6.65. The van der Waals surface area contributed by atoms with E-state index in [0.29, 0.717) is 0 Å². The fourth-order valence-corrected chi connectivity index (χ4v) is 2.67. The molecule has 0 aromatic carbocycles. The highest BCUT2D eigenvalue weighted by Gasteiger charge is 2.64. The van der Waals surface area contributed by atoms with Crippen molar-refractivity contribution in [3.8, 4) is 0 Å². The minimum Gasteiger partial charge on any atom is -0.455 e. The van der Waals surface area contributed by atoms with Crippen LogP contribution in [-0.2, 0) is 38.1 Å². The number of hydrogen-bond donors (Lipinski definition) is 1. The first kappa shape index (κ1) is 16.2. The van der Waals surface area contributed by atoms with Gasteiger partial charge in [-0.1, -0.05) is 0 Å². The zero-order valence-corrected chi connectivity index (χ0v) is 12.6. The van der Waals surface area contributed by atoms with Crippen LogP contribution in [0.4, 0.5) is 0 Å². The second kappa shape index (κ2) is 5.56. The van der Waals surface area contributed by atoms with Gasteiger partial charge < -0.3 is 24.3 Å². The van der Waals surface area contributed by atoms with Crippen LogP contribution in [0.3, 0.4) is 0 Å². The highest BCUT2D eigenvalue weighted by Crippen LogP contribution is 2.38. The molecule has 122 valence electrons. The molecule has 1 amide bonds. The number of ether oxygens (including phenoxy) is 4. The molecule has 9 nitrogen and oxygen atoms in total. The van der Waals surface area contributed by atoms with E-state index in [1.807, 2.05) is 0 Å². The van der Waals surface area contributed by atoms with Crippen molar-refractivity contribution in [3.63, 3.8) is 0 Å². The van der Waals surface area contributed by atoms with Gasteiger partial charge in [0.1, 0.15) is 0 Å². The summed E-state index contributed by atoms with van der Waals surface area (Å²) in [7, 11) is 0. The van der Waals surface area contributed by atoms with Crippen molar-refractivity contribution >= 4 is 23.8 Å². The molecule has 2 heterocycles. The van der Waals surface area contributed by atoms with Crippen LogP contribution in [-0.4, -0.2) is 54.0 Å². The van der Waals surface area contributed by atoms with E-state index in [-0.39, 0.29) is 0 Å². The Labute approximate surface area is 126 Å². The molecule has 2 fully saturated rings. The molecule has 0 radical (unpaired) electrons. The quantitative estimate of drug-likeness (QED) is 0.522. The first-order valence-electron chi connectivity index (χ1n) is 6.65. The minimum absolute atomic E-state index is 0.541. The summed E-state index contributed by atoms with van der Waals surface area (Å²) in [6.07, 6.45) is -4.67. The van der Waals surface area contributed by atoms with Gasteiger partial charge in [-0.2, -0.15) is 0 Å². The third-order valence-corrected chi connectivity index (χ3v) is 3.36. The number of nitrogens with one attached hydrogen (secondary N) is 1. The van der Waals surface area contributed by atoms with Crippen LogP contribution in [0, 0.1) is 0 Å². The van der Waals surface area contributed by atoms with E-state index in [1.54, 1.807) is 0 Å². The molecule has 0 aliphatic carbocycles. The van der Waals surface area contributed by atoms with Crippen molar-refractivity contribution in [1.82, 2.24) is 5.32 Å². The Balaban J connectivity index is 2.42. The molecular formula is C13H17NO8. The van der Waals surface area contributed by atoms with Gasteiger partial charge in [0.25, 0.3) is 5.91 Å². The molecule has 2 rings (SSSR count). The zero-order chi connectivity index (χ0) is 16.7. The molecule has 22 heavy (non-hydrogen) atoms. The van der Waals surface area contributed by atoms with E-state index in [9.17, 15) is 19.2 Å². The standard InChI is InChI=1S/C13H17NO8/c1-5(15)19-8-9(20-6(2)16)11(21-7(3)17)13(4)14-12(18)10(8)22-13/h8-11H,1-4H3,(H,14,18)/t8-,9-,10+,11-,13-/m0/s1. The maximum Gasteiger partial charge on any atom is 0.303 e. The number of rotatable bonds is 3. The van der Waals surface area contributed by atoms with Gasteiger partial charge in [-0.15, -0.1) is 0 Å². The van der Waals surface area contributed by atoms with Gasteiger partial charge in [-0.3, -0.25) is 19.2 Å². The minimum atomic E-state index is -1.37. The average Bonchev–Trinajstić information content (AvgIpc) is 2.62. The lowest BCUT2D eigenvalue weighted by atomic mass is 9.94. The predicted molar refractivity (Wildman–Crippen MR) is 68.1 cm³/mol. The Bertz CT molecular complexity index is 532. The van der Waals surface area contributed by atoms with Crippen LogP contribution >= 0.6 is 0 Å². The van der Waals surface area contributed by atoms with Crippen molar-refractivity contribution in [2.45, 2.75) is 57.8 Å². The van der Waals surface area contributed by atoms with E-state index < -0.39 is 54.0 Å². The zero-order valence-electron chi connectivity index (χ0n) is 12.6. The summed E-state index contributed by atoms with van der Waals surface area (Å²) >= 11 is 0. The molecule has 0 unspecified atom stereocenters. The molecule has 2 saturated heterocycles. The van der Waals surface area contributed by atoms with Crippen molar-refractivity contribution in [1.29, 1.82) is 0 Å². The van der Waals surface area contributed by atoms with Gasteiger partial charge in [0.2, 0.25) is 0 Å². The van der Waals surface area contributed by atoms with Crippen LogP contribution in [0.1, 0.15) is 27.7 Å². The van der Waals surface area contributed by atoms with Crippen LogP contribution < -0.4 is 5.32 Å². The Morgan fingerprint density at radius 3 is 2.00 bits per heavy atom. The number of fused-ring (bicyclic) bond motifs is 2. The number of amides is 1. The largest absolute Gasteiger partial charge is 0.455 e. The molecule has 0 aromatic rings. The molecule has 2 aliphatic rings. The van der Waals surface area contributed by atoms with Gasteiger partial charge in [-0.05, 0) is 6.92 Å². The summed E-state index contributed by atoms with van der Waals surface area (Å²) in [5, 5.41) is 2.53. The number of hydrogen-bond acceptors (Lipinski definition) is 8. The predicted octanol–water partition coefficient (Wildman–Crippen LogP) is -0.974. The van der Waals surface area contributed by atoms with Crippen LogP contribution in [0.25, 0.3) is 0 Å². The Morgan fingerprint density at radius 2 is 1.50 bits per heavy atom. The lowest BCUT2D eigenvalue weighted by Crippen LogP contribution is -2.64. The van der Waals surface area contributed by atoms with Crippen LogP contribution in [0.5, 0.6) is 0 Å². The molecule has 9 heteroatoms. The van der Waals surface area contributed by atoms with E-state index in [1.165, 1.54) is 6.92 Å². The SMILES string of the molecule is CC(=O)O[C@H]1[C@H](OC(C)=O)[C@H](OC(C)=O)[C@@]2(C)NC(=O)[C@@H]1O2. The third-order valence-electron chi connectivity index (χ3n) is 3.36. The molecule has 0 spiro atoms. The van der Waals surface area contributed by atoms with Gasteiger partial charge in [-0.25, -0.2) is 0 Å². The molecule has 0 saturated carbocycles. The summed E-state index contributed by atoms with van der Waals surface area (Å²) in [4.78, 5) is 46.0. The molecule has 2 bridgehead atoms. The fourth-order valence-electron chi connectivity index (χ4n) is 2.67. The lowest BCUT2D eigenvalue weighted by molar-refractivity contribution is -0.255. The summed E-state index contributed by atoms with van der Waals surface area (Å²) in [5.74, 6) is -2.55. The van der Waals surface area contributed by atoms with E-state index in [0.717, 1.165) is 20.8 Å². The van der Waals surface area contributed by atoms with E-state index >= 15 is 0 Å². The van der Waals surface area contributed by atoms with Crippen molar-refractivity contribution in [3.05, 3.63) is 0 Å². The van der Waals surface area contributed by atoms with E-state index in [2.05, 4.69) is 5.32 Å². The average molecular weight is 315 g/mol. The highest BCUT2D eigenvalue weighted by atomic mass is 16.7. The van der Waals surface area contributed by atoms with E-state index in [4.69, 9.17) is 18.9 Å². The maximum absolute atomic E-state index is 12.0. The molecule has 0 aromatic heterocycles. The summed E-state index contributed by atoms with van der Waals surface area (Å²) in [6.45, 7) is 4.95. The number of esters is 3. The van der Waals surface area contributed by atoms with Crippen LogP contribution in [0.2, 0.25) is 0 Å². The summed E-state index contributed by atoms with van der Waals surface area (Å²) in [5.41, 5.74) is -1.37. The fraction of sp³-hybridized carbons (Fsp3) is 0.692. The molecular weight excluding hydrogens is 298 g/mol. The maximum atomic E-state index is 12.0. The normalized spacial score (nSPS) is 36.3. The Morgan fingerprint density at radius 1 is 1.00 bits per heavy atom. The monoisotopic (exact) mass is 315 g/mol. The molecule has 5 atom stereocenters. The smallest absolute Gasteiger partial charge is 0.303 e. The van der Waals surface area contributed by atoms with Gasteiger partial charge in [0, 0.05) is 20.8 Å². The van der Waals surface area contributed by atoms with Gasteiger partial charge >= 0.3 is 17.9 Å². The highest BCUT2D eigenvalue weighted by molar-refractivity contribution is 5.85. The van der Waals surface area contributed by atoms with Crippen LogP contribution in [0.15, 0.2) is 0 Å². The van der Waals surface area contributed by atoms with Crippen molar-refractivity contribution in [2.75, 3.05) is 0 Å². The number of carbonyl (C=O) groups excluding carboxylic acids is 4. The lowest BCUT2D eigenvalue weighted by Gasteiger charge is -2.43. The Kier molecular flexibility index (Phi) is 4.10. The second-order valence-electron chi connectivity index (χ2n) is 5.31. The Hall–Kier alpha value is -2.16. The first-order chi connectivity index (χ1) is 10.1.